The molecule has 0 N–H and O–H groups in total. The van der Waals surface area contributed by atoms with E-state index >= 15 is 0 Å². The molecule has 2 aliphatic carbocycles. The van der Waals surface area contributed by atoms with E-state index in [4.69, 9.17) is 0 Å². The fraction of sp³-hybridized carbons (Fsp3) is 0.424. The Hall–Kier alpha value is -3.26. The molecule has 2 aliphatic rings. The van der Waals surface area contributed by atoms with Gasteiger partial charge in [0.05, 0.1) is 0 Å². The van der Waals surface area contributed by atoms with Crippen molar-refractivity contribution in [2.45, 2.75) is 168 Å². The fourth-order valence-corrected chi connectivity index (χ4v) is 12.6. The molecule has 0 bridgehead atoms. The molecule has 0 atom stereocenters. The Morgan fingerprint density at radius 2 is 0.771 bits per heavy atom. The molecule has 10 rings (SSSR count). The standard InChI is InChI=1S/2C32H37.C2H6Si.2ClH.Zr/c2*1-2-18-32(19-9-5-3-4-6-10-20-32)24-25-21-28-14-11-15-30(31(28)22-25)29-17-16-26-12-7-8-13-27(26)23-29;1-3-2;;;/h2*7-8,11-17,21-23H,2-6,9-10,18-20,24H2,1H3;1-2H3;2*1H;/q2*-1;;;;+2/p-2. The average molecular weight is 1060 g/mol. The van der Waals surface area contributed by atoms with E-state index in [0.717, 1.165) is 0 Å². The maximum Gasteiger partial charge on any atom is -1.00 e. The molecular weight excluding hydrogens is 983 g/mol. The minimum atomic E-state index is 0. The molecule has 70 heavy (non-hydrogen) atoms. The third kappa shape index (κ3) is 14.9. The van der Waals surface area contributed by atoms with E-state index < -0.39 is 0 Å². The van der Waals surface area contributed by atoms with Gasteiger partial charge in [0, 0.05) is 0 Å². The number of halogens is 2. The molecule has 0 saturated heterocycles. The Labute approximate surface area is 451 Å². The van der Waals surface area contributed by atoms with Crippen LogP contribution in [-0.4, -0.2) is 5.43 Å². The zero-order valence-electron chi connectivity index (χ0n) is 43.2. The fourth-order valence-electron chi connectivity index (χ4n) is 12.6. The van der Waals surface area contributed by atoms with E-state index in [-0.39, 0.29) is 30.2 Å². The molecule has 8 aromatic carbocycles. The van der Waals surface area contributed by atoms with Gasteiger partial charge in [-0.25, -0.2) is 0 Å². The molecule has 0 radical (unpaired) electrons. The van der Waals surface area contributed by atoms with E-state index in [0.29, 0.717) is 10.8 Å². The largest absolute Gasteiger partial charge is 1.00 e. The Morgan fingerprint density at radius 3 is 1.13 bits per heavy atom. The maximum atomic E-state index is 2.52. The minimum Gasteiger partial charge on any atom is -1.00 e. The van der Waals surface area contributed by atoms with Gasteiger partial charge in [-0.3, -0.25) is 0 Å². The summed E-state index contributed by atoms with van der Waals surface area (Å²) in [6.07, 6.45) is 30.7. The van der Waals surface area contributed by atoms with Gasteiger partial charge in [0.2, 0.25) is 0 Å². The van der Waals surface area contributed by atoms with Gasteiger partial charge in [-0.2, -0.15) is 12.1 Å². The molecule has 0 aromatic heterocycles. The molecule has 0 heterocycles. The van der Waals surface area contributed by atoms with Gasteiger partial charge in [-0.15, -0.1) is 69.1 Å². The van der Waals surface area contributed by atoms with Crippen molar-refractivity contribution in [3.8, 4) is 22.3 Å². The Kier molecular flexibility index (Phi) is 22.2. The van der Waals surface area contributed by atoms with Gasteiger partial charge in [-0.1, -0.05) is 200 Å². The van der Waals surface area contributed by atoms with Gasteiger partial charge in [0.25, 0.3) is 0 Å². The van der Waals surface area contributed by atoms with E-state index in [1.54, 1.807) is 34.5 Å². The second kappa shape index (κ2) is 27.7. The van der Waals surface area contributed by atoms with Crippen LogP contribution in [0.25, 0.3) is 65.3 Å². The zero-order chi connectivity index (χ0) is 47.2. The van der Waals surface area contributed by atoms with Crippen LogP contribution in [0.2, 0.25) is 13.1 Å². The Balaban J connectivity index is 0.000000208. The second-order valence-corrected chi connectivity index (χ2v) is 30.9. The van der Waals surface area contributed by atoms with Crippen LogP contribution in [0.15, 0.2) is 146 Å². The number of benzene rings is 6. The molecule has 0 aliphatic heterocycles. The summed E-state index contributed by atoms with van der Waals surface area (Å²) >= 11 is 1.74. The first-order valence-corrected chi connectivity index (χ1v) is 33.3. The molecule has 0 nitrogen and oxygen atoms in total. The number of hydrogen-bond donors (Lipinski definition) is 0. The summed E-state index contributed by atoms with van der Waals surface area (Å²) in [6.45, 7) is 9.38. The minimum absolute atomic E-state index is 0. The van der Waals surface area contributed by atoms with Crippen LogP contribution in [0.5, 0.6) is 0 Å². The van der Waals surface area contributed by atoms with Crippen molar-refractivity contribution < 1.29 is 48.1 Å². The molecule has 8 aromatic rings. The summed E-state index contributed by atoms with van der Waals surface area (Å²) in [7, 11) is 0. The van der Waals surface area contributed by atoms with Crippen molar-refractivity contribution in [2.75, 3.05) is 0 Å². The van der Waals surface area contributed by atoms with Gasteiger partial charge in [0.1, 0.15) is 0 Å². The Morgan fingerprint density at radius 1 is 0.429 bits per heavy atom. The van der Waals surface area contributed by atoms with Gasteiger partial charge in [-0.05, 0) is 107 Å². The van der Waals surface area contributed by atoms with Crippen LogP contribution >= 0.6 is 0 Å². The summed E-state index contributed by atoms with van der Waals surface area (Å²) in [5.41, 5.74) is 9.74. The van der Waals surface area contributed by atoms with Crippen LogP contribution in [0, 0.1) is 10.8 Å². The predicted octanol–water partition coefficient (Wildman–Crippen LogP) is 14.5. The van der Waals surface area contributed by atoms with Crippen molar-refractivity contribution in [3.05, 3.63) is 157 Å². The predicted molar refractivity (Wildman–Crippen MR) is 298 cm³/mol. The van der Waals surface area contributed by atoms with Crippen molar-refractivity contribution in [3.63, 3.8) is 0 Å². The van der Waals surface area contributed by atoms with E-state index in [1.165, 1.54) is 207 Å². The molecule has 2 saturated carbocycles. The Bertz CT molecular complexity index is 2650. The normalized spacial score (nSPS) is 16.1. The van der Waals surface area contributed by atoms with Crippen molar-refractivity contribution in [1.29, 1.82) is 0 Å². The summed E-state index contributed by atoms with van der Waals surface area (Å²) in [5.74, 6) is 0. The number of hydrogen-bond acceptors (Lipinski definition) is 0. The monoisotopic (exact) mass is 1060 g/mol. The number of rotatable bonds is 10. The third-order valence-corrected chi connectivity index (χ3v) is 15.8. The van der Waals surface area contributed by atoms with Crippen LogP contribution in [0.3, 0.4) is 0 Å². The summed E-state index contributed by atoms with van der Waals surface area (Å²) in [6, 6.07) is 54.9. The quantitative estimate of drug-likeness (QED) is 0.0946. The number of fused-ring (bicyclic) bond motifs is 4. The zero-order valence-corrected chi connectivity index (χ0v) is 48.1. The van der Waals surface area contributed by atoms with Crippen molar-refractivity contribution in [1.82, 2.24) is 0 Å². The molecular formula is C66H80Cl2SiZr-2. The van der Waals surface area contributed by atoms with E-state index in [1.807, 2.05) is 0 Å². The maximum absolute atomic E-state index is 2.52. The first-order chi connectivity index (χ1) is 33.3. The SMILES string of the molecule is CCCC1(Cc2cc3c(-c4ccc5ccccc5c4)cccc3[cH-]2)CCCCCCCC1.CCCC1(Cc2cc3c(-c4ccc5ccccc5c4)cccc3[cH-]2)CCCCCCCC1.C[Si](C)=[Zr+2].[Cl-].[Cl-]. The van der Waals surface area contributed by atoms with Crippen LogP contribution in [-0.2, 0) is 36.2 Å². The first kappa shape index (κ1) is 56.0. The first-order valence-electron chi connectivity index (χ1n) is 27.1. The average Bonchev–Trinajstić information content (AvgIpc) is 4.00. The topological polar surface area (TPSA) is 0 Å². The van der Waals surface area contributed by atoms with Gasteiger partial charge >= 0.3 is 41.9 Å². The molecule has 0 unspecified atom stereocenters. The van der Waals surface area contributed by atoms with E-state index in [2.05, 4.69) is 173 Å². The van der Waals surface area contributed by atoms with Gasteiger partial charge < -0.3 is 24.8 Å². The summed E-state index contributed by atoms with van der Waals surface area (Å²) in [5, 5.41) is 10.9. The molecule has 2 fully saturated rings. The molecule has 368 valence electrons. The molecule has 0 amide bonds. The molecule has 4 heteroatoms. The van der Waals surface area contributed by atoms with E-state index in [9.17, 15) is 0 Å². The summed E-state index contributed by atoms with van der Waals surface area (Å²) < 4.78 is 0. The van der Waals surface area contributed by atoms with Crippen LogP contribution in [0.1, 0.15) is 153 Å². The van der Waals surface area contributed by atoms with Gasteiger partial charge in [0.15, 0.2) is 0 Å². The third-order valence-electron chi connectivity index (χ3n) is 15.8. The molecule has 0 spiro atoms. The van der Waals surface area contributed by atoms with Crippen molar-refractivity contribution in [2.24, 2.45) is 10.8 Å². The smallest absolute Gasteiger partial charge is 1.00 e. The van der Waals surface area contributed by atoms with Crippen LogP contribution < -0.4 is 24.8 Å². The van der Waals surface area contributed by atoms with Crippen LogP contribution in [0.4, 0.5) is 0 Å². The van der Waals surface area contributed by atoms with Crippen molar-refractivity contribution >= 4 is 48.5 Å². The summed E-state index contributed by atoms with van der Waals surface area (Å²) in [4.78, 5) is 0. The second-order valence-electron chi connectivity index (χ2n) is 21.6.